The molecule has 11 heteroatoms. The lowest BCUT2D eigenvalue weighted by atomic mass is 9.90. The zero-order valence-electron chi connectivity index (χ0n) is 21.2. The summed E-state index contributed by atoms with van der Waals surface area (Å²) in [6, 6.07) is 18.4. The summed E-state index contributed by atoms with van der Waals surface area (Å²) in [5, 5.41) is 14.5. The SMILES string of the molecule is C[C@@]12C[C@@H](NC(=O)N1c1ccc(C(=O)N3CCN(c4ccc([N+](=O)[O-])cc4)CC3)cc1)c1cc(Cl)ccc1O2. The van der Waals surface area contributed by atoms with Gasteiger partial charge in [0.1, 0.15) is 5.75 Å². The number of rotatable bonds is 4. The van der Waals surface area contributed by atoms with E-state index in [9.17, 15) is 19.7 Å². The van der Waals surface area contributed by atoms with E-state index in [-0.39, 0.29) is 23.7 Å². The van der Waals surface area contributed by atoms with Crippen LogP contribution in [0.1, 0.15) is 35.3 Å². The summed E-state index contributed by atoms with van der Waals surface area (Å²) in [6.45, 7) is 4.20. The molecule has 3 aliphatic rings. The first-order valence-electron chi connectivity index (χ1n) is 12.7. The second kappa shape index (κ2) is 9.46. The maximum absolute atomic E-state index is 13.2. The summed E-state index contributed by atoms with van der Waals surface area (Å²) in [4.78, 5) is 42.4. The first-order valence-corrected chi connectivity index (χ1v) is 13.1. The van der Waals surface area contributed by atoms with E-state index in [0.717, 1.165) is 11.3 Å². The number of halogens is 1. The number of carbonyl (C=O) groups is 2. The Labute approximate surface area is 229 Å². The van der Waals surface area contributed by atoms with Gasteiger partial charge in [0.15, 0.2) is 5.72 Å². The van der Waals surface area contributed by atoms with Crippen molar-refractivity contribution < 1.29 is 19.2 Å². The number of nitro groups is 1. The number of nitrogens with zero attached hydrogens (tertiary/aromatic N) is 4. The maximum atomic E-state index is 13.2. The molecule has 10 nitrogen and oxygen atoms in total. The van der Waals surface area contributed by atoms with Crippen LogP contribution in [0.5, 0.6) is 5.75 Å². The highest BCUT2D eigenvalue weighted by molar-refractivity contribution is 6.30. The number of amides is 3. The molecule has 3 amide bonds. The third-order valence-electron chi connectivity index (χ3n) is 7.60. The summed E-state index contributed by atoms with van der Waals surface area (Å²) in [7, 11) is 0. The first-order chi connectivity index (χ1) is 18.7. The average molecular weight is 548 g/mol. The fraction of sp³-hybridized carbons (Fsp3) is 0.286. The van der Waals surface area contributed by atoms with Gasteiger partial charge in [0, 0.05) is 72.3 Å². The predicted octanol–water partition coefficient (Wildman–Crippen LogP) is 4.98. The summed E-state index contributed by atoms with van der Waals surface area (Å²) in [6.07, 6.45) is 0.547. The van der Waals surface area contributed by atoms with Gasteiger partial charge in [-0.15, -0.1) is 0 Å². The fourth-order valence-corrected chi connectivity index (χ4v) is 5.81. The van der Waals surface area contributed by atoms with Crippen molar-refractivity contribution in [3.8, 4) is 5.75 Å². The van der Waals surface area contributed by atoms with Gasteiger partial charge in [0.2, 0.25) is 0 Å². The number of hydrogen-bond acceptors (Lipinski definition) is 6. The lowest BCUT2D eigenvalue weighted by Crippen LogP contribution is -2.65. The maximum Gasteiger partial charge on any atom is 0.325 e. The van der Waals surface area contributed by atoms with Crippen LogP contribution in [0.2, 0.25) is 5.02 Å². The predicted molar refractivity (Wildman–Crippen MR) is 147 cm³/mol. The third-order valence-corrected chi connectivity index (χ3v) is 7.83. The Hall–Kier alpha value is -4.31. The van der Waals surface area contributed by atoms with Gasteiger partial charge in [0.25, 0.3) is 11.6 Å². The van der Waals surface area contributed by atoms with Crippen molar-refractivity contribution in [2.45, 2.75) is 25.1 Å². The average Bonchev–Trinajstić information content (AvgIpc) is 2.93. The number of fused-ring (bicyclic) bond motifs is 4. The van der Waals surface area contributed by atoms with Crippen molar-refractivity contribution in [1.82, 2.24) is 10.2 Å². The smallest absolute Gasteiger partial charge is 0.325 e. The number of nitro benzene ring substituents is 1. The summed E-state index contributed by atoms with van der Waals surface area (Å²) in [5.74, 6) is 0.599. The number of anilines is 2. The number of ether oxygens (including phenoxy) is 1. The molecule has 3 heterocycles. The van der Waals surface area contributed by atoms with Crippen molar-refractivity contribution >= 4 is 40.6 Å². The van der Waals surface area contributed by atoms with E-state index in [1.807, 2.05) is 19.1 Å². The number of non-ortho nitro benzene ring substituents is 1. The van der Waals surface area contributed by atoms with Crippen LogP contribution >= 0.6 is 11.6 Å². The molecule has 200 valence electrons. The van der Waals surface area contributed by atoms with Gasteiger partial charge in [-0.25, -0.2) is 4.79 Å². The minimum Gasteiger partial charge on any atom is -0.467 e. The summed E-state index contributed by atoms with van der Waals surface area (Å²) >= 11 is 6.16. The molecule has 2 saturated heterocycles. The standard InChI is InChI=1S/C28H26ClN5O5/c1-28-17-24(23-16-19(29)4-11-25(23)39-28)30-27(36)33(28)21-5-2-18(3-6-21)26(35)32-14-12-31(13-15-32)20-7-9-22(10-8-20)34(37)38/h2-11,16,24H,12-15,17H2,1H3,(H,30,36)/t24-,28-/m1/s1. The van der Waals surface area contributed by atoms with Crippen molar-refractivity contribution in [1.29, 1.82) is 0 Å². The van der Waals surface area contributed by atoms with Crippen LogP contribution in [0.25, 0.3) is 0 Å². The van der Waals surface area contributed by atoms with Gasteiger partial charge in [-0.3, -0.25) is 19.8 Å². The van der Waals surface area contributed by atoms with Gasteiger partial charge in [-0.05, 0) is 61.5 Å². The summed E-state index contributed by atoms with van der Waals surface area (Å²) in [5.41, 5.74) is 2.08. The number of hydrogen-bond donors (Lipinski definition) is 1. The Morgan fingerprint density at radius 1 is 1.03 bits per heavy atom. The van der Waals surface area contributed by atoms with E-state index in [2.05, 4.69) is 10.2 Å². The van der Waals surface area contributed by atoms with E-state index < -0.39 is 10.6 Å². The molecule has 6 rings (SSSR count). The van der Waals surface area contributed by atoms with Crippen LogP contribution in [0.15, 0.2) is 66.7 Å². The molecule has 0 aliphatic carbocycles. The third kappa shape index (κ3) is 4.50. The van der Waals surface area contributed by atoms with E-state index >= 15 is 0 Å². The highest BCUT2D eigenvalue weighted by Gasteiger charge is 2.49. The molecule has 0 aromatic heterocycles. The first kappa shape index (κ1) is 25.0. The minimum atomic E-state index is -0.895. The van der Waals surface area contributed by atoms with E-state index in [4.69, 9.17) is 16.3 Å². The number of piperazine rings is 1. The largest absolute Gasteiger partial charge is 0.467 e. The molecule has 2 bridgehead atoms. The Morgan fingerprint density at radius 3 is 2.36 bits per heavy atom. The van der Waals surface area contributed by atoms with Crippen molar-refractivity contribution in [2.75, 3.05) is 36.0 Å². The Morgan fingerprint density at radius 2 is 1.69 bits per heavy atom. The van der Waals surface area contributed by atoms with Gasteiger partial charge in [0.05, 0.1) is 11.0 Å². The zero-order valence-corrected chi connectivity index (χ0v) is 21.9. The topological polar surface area (TPSA) is 108 Å². The molecule has 2 atom stereocenters. The summed E-state index contributed by atoms with van der Waals surface area (Å²) < 4.78 is 6.31. The van der Waals surface area contributed by atoms with E-state index in [1.165, 1.54) is 12.1 Å². The zero-order chi connectivity index (χ0) is 27.3. The van der Waals surface area contributed by atoms with Crippen LogP contribution in [0, 0.1) is 10.1 Å². The van der Waals surface area contributed by atoms with Gasteiger partial charge in [-0.2, -0.15) is 0 Å². The Bertz CT molecular complexity index is 1460. The lowest BCUT2D eigenvalue weighted by molar-refractivity contribution is -0.384. The van der Waals surface area contributed by atoms with Crippen LogP contribution in [0.3, 0.4) is 0 Å². The molecule has 0 radical (unpaired) electrons. The number of urea groups is 1. The van der Waals surface area contributed by atoms with Crippen LogP contribution in [-0.2, 0) is 0 Å². The quantitative estimate of drug-likeness (QED) is 0.364. The number of benzene rings is 3. The van der Waals surface area contributed by atoms with Gasteiger partial charge >= 0.3 is 6.03 Å². The molecule has 3 aliphatic heterocycles. The minimum absolute atomic E-state index is 0.0524. The van der Waals surface area contributed by atoms with Crippen LogP contribution in [0.4, 0.5) is 21.9 Å². The second-order valence-electron chi connectivity index (χ2n) is 10.1. The molecule has 2 fully saturated rings. The number of carbonyl (C=O) groups excluding carboxylic acids is 2. The molecule has 3 aromatic carbocycles. The fourth-order valence-electron chi connectivity index (χ4n) is 5.62. The van der Waals surface area contributed by atoms with Crippen LogP contribution < -0.4 is 19.9 Å². The molecule has 0 spiro atoms. The molecule has 0 unspecified atom stereocenters. The molecule has 1 N–H and O–H groups in total. The van der Waals surface area contributed by atoms with Crippen molar-refractivity contribution in [3.63, 3.8) is 0 Å². The van der Waals surface area contributed by atoms with Gasteiger partial charge in [-0.1, -0.05) is 11.6 Å². The van der Waals surface area contributed by atoms with Crippen molar-refractivity contribution in [2.24, 2.45) is 0 Å². The van der Waals surface area contributed by atoms with Gasteiger partial charge < -0.3 is 19.9 Å². The monoisotopic (exact) mass is 547 g/mol. The lowest BCUT2D eigenvalue weighted by Gasteiger charge is -2.50. The highest BCUT2D eigenvalue weighted by Crippen LogP contribution is 2.46. The van der Waals surface area contributed by atoms with Crippen LogP contribution in [-0.4, -0.2) is 53.7 Å². The molecule has 0 saturated carbocycles. The normalized spacial score (nSPS) is 22.1. The molecular weight excluding hydrogens is 522 g/mol. The molecule has 3 aromatic rings. The molecule has 39 heavy (non-hydrogen) atoms. The van der Waals surface area contributed by atoms with Crippen molar-refractivity contribution in [3.05, 3.63) is 93.0 Å². The molecular formula is C28H26ClN5O5. The number of nitrogens with one attached hydrogen (secondary N) is 1. The second-order valence-corrected chi connectivity index (χ2v) is 10.5. The van der Waals surface area contributed by atoms with E-state index in [1.54, 1.807) is 52.3 Å². The van der Waals surface area contributed by atoms with E-state index in [0.29, 0.717) is 54.6 Å². The Kier molecular flexibility index (Phi) is 6.06. The highest BCUT2D eigenvalue weighted by atomic mass is 35.5. The Balaban J connectivity index is 1.13.